The van der Waals surface area contributed by atoms with Crippen LogP contribution in [0.4, 0.5) is 0 Å². The van der Waals surface area contributed by atoms with Crippen LogP contribution in [0.15, 0.2) is 12.2 Å². The van der Waals surface area contributed by atoms with Crippen molar-refractivity contribution < 1.29 is 31.5 Å². The molecule has 0 spiro atoms. The Labute approximate surface area is 223 Å². The van der Waals surface area contributed by atoms with E-state index in [1.807, 2.05) is 0 Å². The summed E-state index contributed by atoms with van der Waals surface area (Å²) in [5, 5.41) is 9.80. The molecule has 36 heavy (non-hydrogen) atoms. The monoisotopic (exact) mass is 538 g/mol. The number of aliphatic hydroxyl groups excluding tert-OH is 1. The smallest absolute Gasteiger partial charge is 0.217 e. The van der Waals surface area contributed by atoms with Crippen molar-refractivity contribution in [2.45, 2.75) is 124 Å². The predicted octanol–water partition coefficient (Wildman–Crippen LogP) is 5.46. The Morgan fingerprint density at radius 3 is 1.97 bits per heavy atom. The maximum Gasteiger partial charge on any atom is 0.217 e. The number of hydrogen-bond acceptors (Lipinski definition) is 6. The van der Waals surface area contributed by atoms with Gasteiger partial charge >= 0.3 is 0 Å². The number of aliphatic hydroxyl groups is 1. The summed E-state index contributed by atoms with van der Waals surface area (Å²) in [6.07, 6.45) is 19.3. The van der Waals surface area contributed by atoms with Gasteiger partial charge in [-0.05, 0) is 52.4 Å². The highest BCUT2D eigenvalue weighted by Gasteiger charge is 2.07. The molecule has 0 radical (unpaired) electrons. The van der Waals surface area contributed by atoms with Crippen molar-refractivity contribution in [2.24, 2.45) is 5.73 Å². The second-order valence-corrected chi connectivity index (χ2v) is 10.8. The summed E-state index contributed by atoms with van der Waals surface area (Å²) >= 11 is 0. The van der Waals surface area contributed by atoms with Crippen LogP contribution < -0.4 is 5.73 Å². The number of carbonyl (C=O) groups excluding carboxylic acids is 1. The van der Waals surface area contributed by atoms with E-state index in [9.17, 15) is 22.9 Å². The number of amides is 1. The number of allylic oxidation sites excluding steroid dienone is 1. The van der Waals surface area contributed by atoms with E-state index in [1.165, 1.54) is 65.0 Å². The van der Waals surface area contributed by atoms with E-state index in [0.29, 0.717) is 6.42 Å². The highest BCUT2D eigenvalue weighted by atomic mass is 32.3. The normalized spacial score (nSPS) is 12.4. The van der Waals surface area contributed by atoms with Gasteiger partial charge in [0.1, 0.15) is 0 Å². The summed E-state index contributed by atoms with van der Waals surface area (Å²) in [6, 6.07) is 0. The van der Waals surface area contributed by atoms with Gasteiger partial charge in [0, 0.05) is 6.42 Å². The van der Waals surface area contributed by atoms with Crippen LogP contribution in [-0.2, 0) is 19.4 Å². The zero-order valence-electron chi connectivity index (χ0n) is 24.2. The summed E-state index contributed by atoms with van der Waals surface area (Å²) in [5.74, 6) is -0.189. The molecular weight excluding hydrogens is 480 g/mol. The van der Waals surface area contributed by atoms with Crippen LogP contribution >= 0.6 is 0 Å². The third-order valence-corrected chi connectivity index (χ3v) is 6.23. The van der Waals surface area contributed by atoms with Gasteiger partial charge in [0.25, 0.3) is 0 Å². The molecule has 1 amide bonds. The average Bonchev–Trinajstić information content (AvgIpc) is 2.78. The maximum atomic E-state index is 10.6. The number of rotatable bonds is 20. The Morgan fingerprint density at radius 1 is 0.944 bits per heavy atom. The average molecular weight is 539 g/mol. The lowest BCUT2D eigenvalue weighted by molar-refractivity contribution is -0.888. The summed E-state index contributed by atoms with van der Waals surface area (Å²) in [6.45, 7) is 10.5. The third-order valence-electron chi connectivity index (χ3n) is 5.71. The zero-order chi connectivity index (χ0) is 28.3. The molecule has 0 aliphatic rings. The maximum absolute atomic E-state index is 10.6. The number of unbranched alkanes of at least 4 members (excludes halogenated alkanes) is 8. The van der Waals surface area contributed by atoms with Crippen LogP contribution in [0.25, 0.3) is 0 Å². The van der Waals surface area contributed by atoms with Crippen LogP contribution in [0.1, 0.15) is 118 Å². The van der Waals surface area contributed by atoms with E-state index in [1.54, 1.807) is 0 Å². The number of nitrogens with zero attached hydrogens (tertiary/aromatic N) is 1. The molecule has 218 valence electrons. The van der Waals surface area contributed by atoms with Crippen LogP contribution in [0, 0.1) is 0 Å². The molecule has 3 N–H and O–H groups in total. The molecule has 0 aromatic rings. The molecule has 0 aromatic carbocycles. The first kappa shape index (κ1) is 39.5. The van der Waals surface area contributed by atoms with Crippen molar-refractivity contribution in [1.82, 2.24) is 0 Å². The molecule has 9 heteroatoms. The lowest BCUT2D eigenvalue weighted by Crippen LogP contribution is -2.39. The topological polar surface area (TPSA) is 130 Å². The molecular formula is C27H58N2O6S. The Bertz CT molecular complexity index is 609. The summed E-state index contributed by atoms with van der Waals surface area (Å²) in [7, 11) is 0.111. The molecule has 0 saturated carbocycles. The standard InChI is InChI=1S/C18H35NO2.C7H18N.C2H6O4S/c1-2-3-4-11-14-17(20)15-12-9-7-5-6-8-10-13-16-18(19)21;1-5-7-8(3,4)6-2;1-2-6-7(3,4)5/h9,12,17,20H,2-8,10-11,13-16H2,1H3,(H2,19,21);5-7H2,1-4H3;2H2,1H3,(H,3,4,5)/q;+1;/p-1/b12-9-;;. The van der Waals surface area contributed by atoms with E-state index in [2.05, 4.69) is 51.2 Å². The minimum Gasteiger partial charge on any atom is -0.726 e. The Kier molecular flexibility index (Phi) is 29.7. The predicted molar refractivity (Wildman–Crippen MR) is 149 cm³/mol. The summed E-state index contributed by atoms with van der Waals surface area (Å²) in [4.78, 5) is 10.6. The van der Waals surface area contributed by atoms with Gasteiger partial charge in [0.2, 0.25) is 16.3 Å². The van der Waals surface area contributed by atoms with Gasteiger partial charge in [-0.3, -0.25) is 8.98 Å². The third kappa shape index (κ3) is 40.2. The van der Waals surface area contributed by atoms with Crippen molar-refractivity contribution >= 4 is 16.3 Å². The quantitative estimate of drug-likeness (QED) is 0.0696. The first-order chi connectivity index (χ1) is 16.8. The molecule has 0 fully saturated rings. The van der Waals surface area contributed by atoms with Crippen LogP contribution in [0.5, 0.6) is 0 Å². The molecule has 0 aromatic heterocycles. The highest BCUT2D eigenvalue weighted by molar-refractivity contribution is 7.80. The second-order valence-electron chi connectivity index (χ2n) is 9.77. The van der Waals surface area contributed by atoms with Gasteiger partial charge < -0.3 is 19.9 Å². The second kappa shape index (κ2) is 27.0. The summed E-state index contributed by atoms with van der Waals surface area (Å²) < 4.78 is 33.2. The fourth-order valence-corrected chi connectivity index (χ4v) is 3.58. The van der Waals surface area contributed by atoms with E-state index in [0.717, 1.165) is 43.0 Å². The fraction of sp³-hybridized carbons (Fsp3) is 0.889. The number of carbonyl (C=O) groups is 1. The Hall–Kier alpha value is -1.00. The van der Waals surface area contributed by atoms with Crippen molar-refractivity contribution in [3.63, 3.8) is 0 Å². The lowest BCUT2D eigenvalue weighted by Gasteiger charge is -2.27. The molecule has 1 unspecified atom stereocenters. The molecule has 8 nitrogen and oxygen atoms in total. The van der Waals surface area contributed by atoms with Gasteiger partial charge in [-0.1, -0.05) is 70.9 Å². The van der Waals surface area contributed by atoms with Gasteiger partial charge in [-0.25, -0.2) is 8.42 Å². The van der Waals surface area contributed by atoms with Crippen LogP contribution in [-0.4, -0.2) is 68.4 Å². The zero-order valence-corrected chi connectivity index (χ0v) is 25.0. The molecule has 0 aliphatic heterocycles. The molecule has 0 aliphatic carbocycles. The van der Waals surface area contributed by atoms with E-state index in [4.69, 9.17) is 5.73 Å². The number of nitrogens with two attached hydrogens (primary N) is 1. The molecule has 0 bridgehead atoms. The fourth-order valence-electron chi connectivity index (χ4n) is 3.30. The number of hydrogen-bond donors (Lipinski definition) is 2. The highest BCUT2D eigenvalue weighted by Crippen LogP contribution is 2.10. The summed E-state index contributed by atoms with van der Waals surface area (Å²) in [5.41, 5.74) is 5.09. The Balaban J connectivity index is -0.000000591. The van der Waals surface area contributed by atoms with Gasteiger partial charge in [-0.2, -0.15) is 0 Å². The van der Waals surface area contributed by atoms with Gasteiger partial charge in [0.15, 0.2) is 0 Å². The Morgan fingerprint density at radius 2 is 1.53 bits per heavy atom. The number of primary amides is 1. The minimum absolute atomic E-state index is 0.0914. The largest absolute Gasteiger partial charge is 0.726 e. The minimum atomic E-state index is -4.42. The molecule has 0 rings (SSSR count). The molecule has 0 heterocycles. The van der Waals surface area contributed by atoms with Crippen LogP contribution in [0.3, 0.4) is 0 Å². The van der Waals surface area contributed by atoms with Gasteiger partial charge in [0.05, 0.1) is 39.9 Å². The van der Waals surface area contributed by atoms with Crippen LogP contribution in [0.2, 0.25) is 0 Å². The lowest BCUT2D eigenvalue weighted by atomic mass is 10.1. The molecule has 0 saturated heterocycles. The van der Waals surface area contributed by atoms with Crippen molar-refractivity contribution in [2.75, 3.05) is 33.8 Å². The molecule has 1 atom stereocenters. The van der Waals surface area contributed by atoms with E-state index in [-0.39, 0.29) is 18.6 Å². The van der Waals surface area contributed by atoms with Crippen molar-refractivity contribution in [3.8, 4) is 0 Å². The number of quaternary nitrogens is 1. The van der Waals surface area contributed by atoms with Crippen molar-refractivity contribution in [1.29, 1.82) is 0 Å². The van der Waals surface area contributed by atoms with Crippen molar-refractivity contribution in [3.05, 3.63) is 12.2 Å². The first-order valence-electron chi connectivity index (χ1n) is 13.9. The SMILES string of the molecule is CCCCCCC(O)C/C=C\CCCCCCCC(N)=O.CCC[N+](C)(C)CC.CCOS(=O)(=O)[O-]. The van der Waals surface area contributed by atoms with Gasteiger partial charge in [-0.15, -0.1) is 0 Å². The van der Waals surface area contributed by atoms with E-state index < -0.39 is 10.4 Å². The first-order valence-corrected chi connectivity index (χ1v) is 15.2. The van der Waals surface area contributed by atoms with E-state index >= 15 is 0 Å².